The largest absolute Gasteiger partial charge is 0.480 e. The van der Waals surface area contributed by atoms with Gasteiger partial charge in [-0.3, -0.25) is 38.4 Å². The maximum atomic E-state index is 13.0. The number of carboxylic acids is 7. The molecular weight excluding hydrogens is 1160 g/mol. The lowest BCUT2D eigenvalue weighted by atomic mass is 10.1. The van der Waals surface area contributed by atoms with Crippen LogP contribution in [0.2, 0.25) is 0 Å². The third kappa shape index (κ3) is 24.8. The van der Waals surface area contributed by atoms with Crippen molar-refractivity contribution in [2.75, 3.05) is 23.4 Å². The Morgan fingerprint density at radius 1 is 0.437 bits per heavy atom. The van der Waals surface area contributed by atoms with Crippen molar-refractivity contribution < 1.29 is 108 Å². The molecule has 0 aliphatic heterocycles. The molecule has 2 aromatic heterocycles. The maximum absolute atomic E-state index is 13.0. The molecule has 0 fully saturated rings. The molecule has 472 valence electrons. The fourth-order valence-electron chi connectivity index (χ4n) is 7.84. The highest BCUT2D eigenvalue weighted by molar-refractivity contribution is 5.97. The number of anilines is 3. The molecule has 0 saturated carbocycles. The first kappa shape index (κ1) is 70.4. The third-order valence-electron chi connectivity index (χ3n) is 12.5. The zero-order valence-corrected chi connectivity index (χ0v) is 46.3. The molecule has 7 atom stereocenters. The van der Waals surface area contributed by atoms with E-state index >= 15 is 0 Å². The van der Waals surface area contributed by atoms with Gasteiger partial charge in [0.2, 0.25) is 47.3 Å². The van der Waals surface area contributed by atoms with Gasteiger partial charge in [0.25, 0.3) is 5.91 Å². The number of primary amides is 1. The number of benzene rings is 1. The van der Waals surface area contributed by atoms with Crippen LogP contribution in [0.3, 0.4) is 0 Å². The molecule has 87 heavy (non-hydrogen) atoms. The molecular formula is C50H65N15O22. The van der Waals surface area contributed by atoms with Crippen molar-refractivity contribution in [1.29, 1.82) is 0 Å². The minimum absolute atomic E-state index is 0.0419. The summed E-state index contributed by atoms with van der Waals surface area (Å²) in [4.78, 5) is 201. The molecule has 37 heteroatoms. The highest BCUT2D eigenvalue weighted by Crippen LogP contribution is 2.19. The number of hydrogen-bond donors (Lipinski definition) is 17. The number of aromatic nitrogens is 4. The molecule has 0 unspecified atom stereocenters. The van der Waals surface area contributed by atoms with Gasteiger partial charge in [0, 0.05) is 63.2 Å². The lowest BCUT2D eigenvalue weighted by molar-refractivity contribution is -0.144. The zero-order chi connectivity index (χ0) is 65.2. The van der Waals surface area contributed by atoms with E-state index in [1.54, 1.807) is 24.1 Å². The van der Waals surface area contributed by atoms with Gasteiger partial charge >= 0.3 is 41.8 Å². The highest BCUT2D eigenvalue weighted by Gasteiger charge is 2.30. The van der Waals surface area contributed by atoms with Gasteiger partial charge in [-0.05, 0) is 69.2 Å². The second kappa shape index (κ2) is 34.0. The number of rotatable bonds is 39. The first-order chi connectivity index (χ1) is 40.8. The summed E-state index contributed by atoms with van der Waals surface area (Å²) in [5.41, 5.74) is 18.1. The van der Waals surface area contributed by atoms with Gasteiger partial charge in [-0.1, -0.05) is 0 Å². The number of aliphatic carboxylic acids is 7. The Morgan fingerprint density at radius 3 is 1.03 bits per heavy atom. The quantitative estimate of drug-likeness (QED) is 0.0257. The van der Waals surface area contributed by atoms with Crippen molar-refractivity contribution in [3.05, 3.63) is 41.7 Å². The van der Waals surface area contributed by atoms with E-state index in [2.05, 4.69) is 51.8 Å². The minimum atomic E-state index is -1.81. The van der Waals surface area contributed by atoms with Crippen LogP contribution in [0.1, 0.15) is 106 Å². The van der Waals surface area contributed by atoms with Crippen LogP contribution in [0.5, 0.6) is 0 Å². The summed E-state index contributed by atoms with van der Waals surface area (Å²) < 4.78 is 0. The molecule has 20 N–H and O–H groups in total. The summed E-state index contributed by atoms with van der Waals surface area (Å²) in [7, 11) is 1.72. The Kier molecular flexibility index (Phi) is 27.5. The van der Waals surface area contributed by atoms with Crippen LogP contribution < -0.4 is 59.3 Å². The van der Waals surface area contributed by atoms with E-state index in [-0.39, 0.29) is 47.9 Å². The summed E-state index contributed by atoms with van der Waals surface area (Å²) in [5, 5.41) is 82.0. The lowest BCUT2D eigenvalue weighted by Gasteiger charge is -2.20. The lowest BCUT2D eigenvalue weighted by Crippen LogP contribution is -2.46. The Morgan fingerprint density at radius 2 is 0.736 bits per heavy atom. The third-order valence-corrected chi connectivity index (χ3v) is 12.5. The van der Waals surface area contributed by atoms with E-state index in [1.165, 1.54) is 18.3 Å². The molecule has 2 heterocycles. The summed E-state index contributed by atoms with van der Waals surface area (Å²) in [5.74, 6) is -19.2. The molecule has 8 amide bonds. The number of amides is 8. The average molecular weight is 1230 g/mol. The summed E-state index contributed by atoms with van der Waals surface area (Å²) >= 11 is 0. The van der Waals surface area contributed by atoms with Crippen molar-refractivity contribution in [3.8, 4) is 0 Å². The normalized spacial score (nSPS) is 13.3. The molecule has 3 rings (SSSR count). The van der Waals surface area contributed by atoms with Crippen LogP contribution in [-0.2, 0) is 73.7 Å². The number of fused-ring (bicyclic) bond motifs is 1. The fraction of sp³-hybridized carbons (Fsp3) is 0.460. The Bertz CT molecular complexity index is 3090. The predicted octanol–water partition coefficient (Wildman–Crippen LogP) is -4.23. The summed E-state index contributed by atoms with van der Waals surface area (Å²) in [6.07, 6.45) is -6.98. The van der Waals surface area contributed by atoms with Crippen LogP contribution in [0.15, 0.2) is 30.5 Å². The van der Waals surface area contributed by atoms with Crippen molar-refractivity contribution in [1.82, 2.24) is 57.2 Å². The number of nitrogens with two attached hydrogens (primary N) is 3. The number of hydrogen-bond acceptors (Lipinski definition) is 22. The number of carboxylic acid groups (broad SMARTS) is 7. The number of nitrogens with zero attached hydrogens (tertiary/aromatic N) is 5. The van der Waals surface area contributed by atoms with Crippen LogP contribution in [0, 0.1) is 0 Å². The van der Waals surface area contributed by atoms with Crippen LogP contribution in [-0.4, -0.2) is 194 Å². The van der Waals surface area contributed by atoms with E-state index in [4.69, 9.17) is 17.2 Å². The summed E-state index contributed by atoms with van der Waals surface area (Å²) in [6.45, 7) is 0.233. The van der Waals surface area contributed by atoms with Gasteiger partial charge in [0.1, 0.15) is 42.3 Å². The number of carbonyl (C=O) groups excluding carboxylic acids is 8. The molecule has 0 aliphatic carbocycles. The fourth-order valence-corrected chi connectivity index (χ4v) is 7.84. The van der Waals surface area contributed by atoms with Gasteiger partial charge in [-0.2, -0.15) is 9.97 Å². The highest BCUT2D eigenvalue weighted by atomic mass is 16.4. The topological polar surface area (TPSA) is 615 Å². The second-order valence-corrected chi connectivity index (χ2v) is 19.3. The van der Waals surface area contributed by atoms with Crippen molar-refractivity contribution in [3.63, 3.8) is 0 Å². The van der Waals surface area contributed by atoms with Gasteiger partial charge in [0.05, 0.1) is 18.4 Å². The van der Waals surface area contributed by atoms with E-state index in [0.29, 0.717) is 11.4 Å². The number of nitrogens with one attached hydrogen (secondary N) is 7. The number of nitrogen functional groups attached to an aromatic ring is 2. The van der Waals surface area contributed by atoms with Crippen molar-refractivity contribution in [2.45, 2.75) is 139 Å². The minimum Gasteiger partial charge on any atom is -0.480 e. The van der Waals surface area contributed by atoms with Crippen LogP contribution in [0.4, 0.5) is 17.5 Å². The number of carbonyl (C=O) groups is 15. The Hall–Kier alpha value is -10.9. The van der Waals surface area contributed by atoms with Gasteiger partial charge in [-0.25, -0.2) is 43.5 Å². The molecule has 0 bridgehead atoms. The van der Waals surface area contributed by atoms with Crippen molar-refractivity contribution >= 4 is 118 Å². The Labute approximate surface area is 491 Å². The van der Waals surface area contributed by atoms with E-state index in [1.807, 2.05) is 5.32 Å². The standard InChI is InChI=1S/C50H65N15O22/c1-65(21-23-20-54-41-39(55-23)40(52)63-50(53)64-41)24-4-2-22(3-5-24)42(73)62-31(49(86)87)12-19-38(72)61-30(48(84)85)11-18-37(71)60-29(47(82)83)10-17-36(70)59-28(46(80)81)9-16-35(69)58-27(45(78)79)8-15-34(68)57-26(44(76)77)7-14-33(67)56-25(43(74)75)6-13-32(51)66/h2-5,20,25-31H,6-19,21H2,1H3,(H2,51,66)(H,56,67)(H,57,68)(H,58,69)(H,59,70)(H,60,71)(H,61,72)(H,62,73)(H,74,75)(H,76,77)(H,78,79)(H,80,81)(H,82,83)(H,84,85)(H,86,87)(H4,52,53,54,63,64)/t25-,26-,27-,28-,29-,30-,31-/m0/s1. The average Bonchev–Trinajstić information content (AvgIpc) is 1.78. The first-order valence-corrected chi connectivity index (χ1v) is 26.1. The molecule has 37 nitrogen and oxygen atoms in total. The predicted molar refractivity (Wildman–Crippen MR) is 293 cm³/mol. The second-order valence-electron chi connectivity index (χ2n) is 19.3. The smallest absolute Gasteiger partial charge is 0.326 e. The van der Waals surface area contributed by atoms with E-state index in [9.17, 15) is 108 Å². The molecule has 0 saturated heterocycles. The zero-order valence-electron chi connectivity index (χ0n) is 46.3. The monoisotopic (exact) mass is 1230 g/mol. The SMILES string of the molecule is CN(Cc1cnc2nc(N)nc(N)c2n1)c1ccc(C(=O)N[C@@H](CCC(=O)N[C@@H](CCC(=O)N[C@@H](CCC(=O)N[C@@H](CCC(=O)N[C@@H](CCC(=O)N[C@@H](CCC(=O)N[C@@H](CCC(N)=O)C(=O)O)C(=O)O)C(=O)O)C(=O)O)C(=O)O)C(=O)O)C(=O)O)cc1. The Balaban J connectivity index is 1.44. The maximum Gasteiger partial charge on any atom is 0.326 e. The van der Waals surface area contributed by atoms with Gasteiger partial charge < -0.3 is 95.1 Å². The molecule has 0 spiro atoms. The van der Waals surface area contributed by atoms with E-state index < -0.39 is 208 Å². The van der Waals surface area contributed by atoms with E-state index in [0.717, 1.165) is 0 Å². The van der Waals surface area contributed by atoms with Crippen LogP contribution in [0.25, 0.3) is 11.2 Å². The van der Waals surface area contributed by atoms with Crippen LogP contribution >= 0.6 is 0 Å². The van der Waals surface area contributed by atoms with Gasteiger partial charge in [0.15, 0.2) is 17.0 Å². The molecule has 0 radical (unpaired) electrons. The van der Waals surface area contributed by atoms with Gasteiger partial charge in [-0.15, -0.1) is 0 Å². The molecule has 1 aromatic carbocycles. The molecule has 0 aliphatic rings. The van der Waals surface area contributed by atoms with Crippen molar-refractivity contribution in [2.24, 2.45) is 5.73 Å². The summed E-state index contributed by atoms with van der Waals surface area (Å²) in [6, 6.07) is -6.04. The molecule has 3 aromatic rings. The first-order valence-electron chi connectivity index (χ1n) is 26.1.